The van der Waals surface area contributed by atoms with Crippen LogP contribution in [-0.2, 0) is 4.79 Å². The second-order valence-electron chi connectivity index (χ2n) is 59.6. The number of Topliss-reactive ketones (excluding diaryl/α,β-unsaturated/α-hetero) is 1. The largest absolute Gasteiger partial charge is 0.393 e. The van der Waals surface area contributed by atoms with Crippen LogP contribution in [0, 0.1) is 238 Å². The monoisotopic (exact) mass is 1930 g/mol. The van der Waals surface area contributed by atoms with E-state index in [-0.39, 0.29) is 35.9 Å². The SMILES string of the molecule is CC(=O)C1CCC2C3CCC4=C[C@@H](O)CC[C@]4(C)C3CC[C@]12C.CC(C)CCC[C@@H](C)C1CCC2C3CC=C4C[C@@H](O)CC[C@]4(C)C3CC[C@@]21C.CC(C)[C@H](C)CC[C@@H](C)C1CCC2C3CC=C4C[C@@H](O)CC[C@]4(C)C3CC[C@@]21C.CC[C@H](/C=C/[C@@H](C)C1CCC2C3CC=C4C[C@@H](O)CC[C@]4(C)C3CC[C@@]21C)C(C)C.CC[C@H](CC[C@@H](C)C1CCC2C3CC=C4C[C@@H](O)CC[C@]4(C)C3CC[C@@]21C)C(C)C. The van der Waals surface area contributed by atoms with E-state index in [2.05, 4.69) is 216 Å². The van der Waals surface area contributed by atoms with Crippen molar-refractivity contribution in [3.63, 3.8) is 0 Å². The minimum atomic E-state index is -0.211. The summed E-state index contributed by atoms with van der Waals surface area (Å²) in [6.07, 6.45) is 80.5. The van der Waals surface area contributed by atoms with Crippen molar-refractivity contribution in [1.29, 1.82) is 0 Å². The van der Waals surface area contributed by atoms with Crippen LogP contribution < -0.4 is 0 Å². The van der Waals surface area contributed by atoms with Crippen LogP contribution in [0.4, 0.5) is 0 Å². The Labute approximate surface area is 863 Å². The number of aliphatic hydroxyl groups is 5. The molecule has 0 aliphatic heterocycles. The molecule has 15 fully saturated rings. The molecule has 0 aromatic rings. The molecule has 0 amide bonds. The number of rotatable bonds is 22. The van der Waals surface area contributed by atoms with Gasteiger partial charge >= 0.3 is 0 Å². The maximum atomic E-state index is 12.2. The van der Waals surface area contributed by atoms with Crippen LogP contribution in [-0.4, -0.2) is 61.8 Å². The fraction of sp³-hybridized carbons (Fsp3) is 0.903. The lowest BCUT2D eigenvalue weighted by Gasteiger charge is -2.58. The molecule has 0 heterocycles. The van der Waals surface area contributed by atoms with Crippen molar-refractivity contribution in [2.75, 3.05) is 0 Å². The summed E-state index contributed by atoms with van der Waals surface area (Å²) in [6, 6.07) is 0. The molecule has 0 aromatic carbocycles. The Bertz CT molecular complexity index is 4310. The minimum absolute atomic E-state index is 0.0766. The molecule has 796 valence electrons. The third kappa shape index (κ3) is 20.8. The highest BCUT2D eigenvalue weighted by Crippen LogP contribution is 2.75. The molecule has 0 aromatic heterocycles. The van der Waals surface area contributed by atoms with Crippen LogP contribution in [0.5, 0.6) is 0 Å². The minimum Gasteiger partial charge on any atom is -0.393 e. The number of allylic oxidation sites excluding steroid dienone is 7. The average Bonchev–Trinajstić information content (AvgIpc) is 1.48. The van der Waals surface area contributed by atoms with Gasteiger partial charge in [0, 0.05) is 5.92 Å². The van der Waals surface area contributed by atoms with Gasteiger partial charge in [-0.15, -0.1) is 0 Å². The molecule has 15 saturated carbocycles. The first kappa shape index (κ1) is 111. The van der Waals surface area contributed by atoms with Gasteiger partial charge in [0.2, 0.25) is 0 Å². The maximum absolute atomic E-state index is 12.2. The highest BCUT2D eigenvalue weighted by Gasteiger charge is 2.67. The number of hydrogen-bond donors (Lipinski definition) is 5. The summed E-state index contributed by atoms with van der Waals surface area (Å²) in [6.45, 7) is 64.2. The highest BCUT2D eigenvalue weighted by atomic mass is 16.3. The normalized spacial score (nSPS) is 47.0. The number of carbonyl (C=O) groups is 1. The molecular formula is C134H224O6. The number of aliphatic hydroxyl groups excluding tert-OH is 5. The van der Waals surface area contributed by atoms with Gasteiger partial charge in [0.1, 0.15) is 5.78 Å². The number of hydrogen-bond acceptors (Lipinski definition) is 6. The van der Waals surface area contributed by atoms with Crippen molar-refractivity contribution < 1.29 is 30.3 Å². The number of carbonyl (C=O) groups excluding carboxylic acids is 1. The molecule has 20 aliphatic rings. The van der Waals surface area contributed by atoms with Gasteiger partial charge in [-0.2, -0.15) is 0 Å². The van der Waals surface area contributed by atoms with Gasteiger partial charge in [-0.25, -0.2) is 0 Å². The van der Waals surface area contributed by atoms with E-state index in [1.165, 1.54) is 244 Å². The molecule has 5 N–H and O–H groups in total. The van der Waals surface area contributed by atoms with E-state index in [0.717, 1.165) is 242 Å². The van der Waals surface area contributed by atoms with Crippen LogP contribution in [0.25, 0.3) is 0 Å². The molecule has 6 heteroatoms. The smallest absolute Gasteiger partial charge is 0.133 e. The Hall–Kier alpha value is -2.09. The third-order valence-electron chi connectivity index (χ3n) is 52.0. The Balaban J connectivity index is 0.000000126. The molecule has 140 heavy (non-hydrogen) atoms. The first-order valence-electron chi connectivity index (χ1n) is 62.3. The number of fused-ring (bicyclic) bond motifs is 25. The zero-order valence-electron chi connectivity index (χ0n) is 96.1. The van der Waals surface area contributed by atoms with E-state index in [1.807, 2.05) is 6.92 Å². The molecule has 42 atom stereocenters. The van der Waals surface area contributed by atoms with E-state index in [4.69, 9.17) is 0 Å². The van der Waals surface area contributed by atoms with Crippen LogP contribution in [0.3, 0.4) is 0 Å². The predicted molar refractivity (Wildman–Crippen MR) is 591 cm³/mol. The van der Waals surface area contributed by atoms with Crippen molar-refractivity contribution in [2.45, 2.75) is 525 Å². The van der Waals surface area contributed by atoms with E-state index < -0.39 is 0 Å². The van der Waals surface area contributed by atoms with Crippen molar-refractivity contribution >= 4 is 5.78 Å². The second kappa shape index (κ2) is 43.9. The Morgan fingerprint density at radius 2 is 0.671 bits per heavy atom. The van der Waals surface area contributed by atoms with Crippen LogP contribution in [0.15, 0.2) is 70.4 Å². The van der Waals surface area contributed by atoms with Gasteiger partial charge in [-0.3, -0.25) is 4.79 Å². The summed E-state index contributed by atoms with van der Waals surface area (Å²) >= 11 is 0. The van der Waals surface area contributed by atoms with Gasteiger partial charge < -0.3 is 25.5 Å². The topological polar surface area (TPSA) is 118 Å². The van der Waals surface area contributed by atoms with Gasteiger partial charge in [-0.1, -0.05) is 288 Å². The fourth-order valence-corrected chi connectivity index (χ4v) is 42.9. The first-order chi connectivity index (χ1) is 66.2. The van der Waals surface area contributed by atoms with E-state index in [0.29, 0.717) is 66.4 Å². The lowest BCUT2D eigenvalue weighted by Crippen LogP contribution is -2.51. The van der Waals surface area contributed by atoms with Crippen molar-refractivity contribution in [1.82, 2.24) is 0 Å². The molecule has 0 bridgehead atoms. The van der Waals surface area contributed by atoms with Gasteiger partial charge in [0.15, 0.2) is 0 Å². The summed E-state index contributed by atoms with van der Waals surface area (Å²) in [5, 5.41) is 51.0. The zero-order chi connectivity index (χ0) is 101. The lowest BCUT2D eigenvalue weighted by molar-refractivity contribution is -0.127. The maximum Gasteiger partial charge on any atom is 0.133 e. The molecule has 6 nitrogen and oxygen atoms in total. The van der Waals surface area contributed by atoms with E-state index in [9.17, 15) is 30.3 Å². The highest BCUT2D eigenvalue weighted by molar-refractivity contribution is 5.79. The first-order valence-corrected chi connectivity index (χ1v) is 62.3. The van der Waals surface area contributed by atoms with Gasteiger partial charge in [-0.05, 0) is 508 Å². The summed E-state index contributed by atoms with van der Waals surface area (Å²) < 4.78 is 0. The van der Waals surface area contributed by atoms with Gasteiger partial charge in [0.05, 0.1) is 30.5 Å². The van der Waals surface area contributed by atoms with Crippen molar-refractivity contribution in [3.05, 3.63) is 70.4 Å². The van der Waals surface area contributed by atoms with Crippen LogP contribution in [0.1, 0.15) is 495 Å². The predicted octanol–water partition coefficient (Wildman–Crippen LogP) is 35.4. The zero-order valence-corrected chi connectivity index (χ0v) is 96.1. The number of ketones is 1. The summed E-state index contributed by atoms with van der Waals surface area (Å²) in [7, 11) is 0. The summed E-state index contributed by atoms with van der Waals surface area (Å²) in [4.78, 5) is 12.2. The molecule has 20 aliphatic carbocycles. The van der Waals surface area contributed by atoms with E-state index in [1.54, 1.807) is 27.9 Å². The average molecular weight is 1930 g/mol. The molecular weight excluding hydrogens is 1710 g/mol. The molecule has 20 rings (SSSR count). The quantitative estimate of drug-likeness (QED) is 0.0689. The molecule has 0 radical (unpaired) electrons. The van der Waals surface area contributed by atoms with Crippen LogP contribution in [0.2, 0.25) is 0 Å². The molecule has 20 unspecified atom stereocenters. The molecule has 0 saturated heterocycles. The van der Waals surface area contributed by atoms with Crippen molar-refractivity contribution in [2.24, 2.45) is 238 Å². The van der Waals surface area contributed by atoms with Crippen LogP contribution >= 0.6 is 0 Å². The Kier molecular flexibility index (Phi) is 34.7. The van der Waals surface area contributed by atoms with E-state index >= 15 is 0 Å². The fourth-order valence-electron chi connectivity index (χ4n) is 42.9. The second-order valence-corrected chi connectivity index (χ2v) is 59.6. The summed E-state index contributed by atoms with van der Waals surface area (Å²) in [5.41, 5.74) is 12.4. The standard InChI is InChI=1S/C29H50O.C29H48O.C28H48O.C27H46O.C21H32O2/c2*1-7-21(19(2)3)9-8-20(4)25-12-13-26-24-11-10-22-18-23(30)14-16-28(22,5)27(24)15-17-29(25,26)6;1-18(2)19(3)7-8-20(4)24-11-12-25-23-10-9-21-17-22(29)13-15-27(21,5)26(23)14-16-28(24,25)6;1-18(2)7-6-8-19(3)23-11-12-24-22-10-9-20-17-21(28)13-15-26(20,4)25(22)14-16-27(23,24)5;1-13(22)17-6-7-18-16-5-4-14-12-15(23)8-10-20(14,2)19(16)9-11-21(17,18)3/h10,19-21,23-27,30H,7-9,11-18H2,1-6H3;8-10,19-21,23-27,30H,7,11-18H2,1-6H3;9,18-20,22-26,29H,7-8,10-17H2,1-6H3;9,18-19,21-25,28H,6-8,10-17H2,1-5H3;12,15-19,23H,4-11H2,1-3H3/b;9-8+;;;/t2*20-,21-,23+,24?,25?,26?,27?,28+,29-;19-,20-,22+,23?,24?,25?,26?,27+,28-;19-,21+,22?,23?,24?,25?,26+,27-;15-,16?,17?,18?,19?,20-,21+/m11110/s1. The molecule has 0 spiro atoms. The Morgan fingerprint density at radius 3 is 1.04 bits per heavy atom. The Morgan fingerprint density at radius 1 is 0.329 bits per heavy atom. The summed E-state index contributed by atoms with van der Waals surface area (Å²) in [5.74, 6) is 26.8. The van der Waals surface area contributed by atoms with Crippen molar-refractivity contribution in [3.8, 4) is 0 Å². The third-order valence-corrected chi connectivity index (χ3v) is 52.0. The lowest BCUT2D eigenvalue weighted by atomic mass is 9.46. The van der Waals surface area contributed by atoms with Gasteiger partial charge in [0.25, 0.3) is 0 Å².